The van der Waals surface area contributed by atoms with E-state index in [9.17, 15) is 18.0 Å². The molecule has 8 heteroatoms. The summed E-state index contributed by atoms with van der Waals surface area (Å²) in [6, 6.07) is 13.1. The van der Waals surface area contributed by atoms with Crippen molar-refractivity contribution in [3.05, 3.63) is 84.5 Å². The van der Waals surface area contributed by atoms with Gasteiger partial charge < -0.3 is 4.74 Å². The average Bonchev–Trinajstić information content (AvgIpc) is 3.23. The molecule has 2 heterocycles. The second-order valence-corrected chi connectivity index (χ2v) is 9.54. The van der Waals surface area contributed by atoms with E-state index in [0.717, 1.165) is 5.56 Å². The Balaban J connectivity index is 1.78. The second kappa shape index (κ2) is 7.47. The quantitative estimate of drug-likeness (QED) is 0.684. The van der Waals surface area contributed by atoms with Crippen LogP contribution in [-0.4, -0.2) is 49.8 Å². The molecule has 1 atom stereocenters. The first-order valence-corrected chi connectivity index (χ1v) is 11.1. The summed E-state index contributed by atoms with van der Waals surface area (Å²) in [4.78, 5) is 27.9. The molecule has 1 spiro atoms. The Morgan fingerprint density at radius 1 is 1.19 bits per heavy atom. The van der Waals surface area contributed by atoms with E-state index in [0.29, 0.717) is 16.8 Å². The van der Waals surface area contributed by atoms with Gasteiger partial charge in [-0.05, 0) is 36.8 Å². The summed E-state index contributed by atoms with van der Waals surface area (Å²) in [5.41, 5.74) is 0.393. The zero-order valence-corrected chi connectivity index (χ0v) is 17.9. The minimum absolute atomic E-state index is 0.0420. The Labute approximate surface area is 181 Å². The van der Waals surface area contributed by atoms with E-state index in [1.807, 2.05) is 6.92 Å². The standard InChI is InChI=1S/C23H22N2O5S/c1-4-13-30-22(27)25-20-8-6-5-7-19(20)21(26)23(25)15-24(14-17(23)3)31(28,29)18-11-9-16(2)10-12-18/h4-12H,1,3,13-15H2,2H3/t23-/m0/s1. The molecular weight excluding hydrogens is 416 g/mol. The van der Waals surface area contributed by atoms with Crippen LogP contribution in [-0.2, 0) is 14.8 Å². The molecule has 1 amide bonds. The van der Waals surface area contributed by atoms with E-state index in [-0.39, 0.29) is 30.4 Å². The van der Waals surface area contributed by atoms with Crippen molar-refractivity contribution < 1.29 is 22.7 Å². The van der Waals surface area contributed by atoms with Crippen LogP contribution in [0.3, 0.4) is 0 Å². The molecule has 160 valence electrons. The normalized spacial score (nSPS) is 20.9. The summed E-state index contributed by atoms with van der Waals surface area (Å²) in [6.45, 7) is 9.05. The number of para-hydroxylation sites is 1. The third kappa shape index (κ3) is 3.10. The zero-order valence-electron chi connectivity index (χ0n) is 17.1. The number of rotatable bonds is 4. The number of ether oxygens (including phenoxy) is 1. The van der Waals surface area contributed by atoms with Crippen molar-refractivity contribution in [2.24, 2.45) is 0 Å². The summed E-state index contributed by atoms with van der Waals surface area (Å²) >= 11 is 0. The van der Waals surface area contributed by atoms with Crippen LogP contribution in [0.5, 0.6) is 0 Å². The molecule has 7 nitrogen and oxygen atoms in total. The summed E-state index contributed by atoms with van der Waals surface area (Å²) < 4.78 is 33.0. The number of aryl methyl sites for hydroxylation is 1. The van der Waals surface area contributed by atoms with Gasteiger partial charge in [0.05, 0.1) is 10.6 Å². The molecule has 2 aromatic rings. The molecule has 0 aliphatic carbocycles. The molecule has 2 aliphatic heterocycles. The van der Waals surface area contributed by atoms with Gasteiger partial charge >= 0.3 is 6.09 Å². The highest BCUT2D eigenvalue weighted by Gasteiger charge is 2.61. The Hall–Kier alpha value is -3.23. The molecule has 0 bridgehead atoms. The van der Waals surface area contributed by atoms with Gasteiger partial charge in [-0.1, -0.05) is 49.1 Å². The number of hydrogen-bond acceptors (Lipinski definition) is 5. The van der Waals surface area contributed by atoms with Crippen LogP contribution < -0.4 is 4.90 Å². The molecule has 1 fully saturated rings. The molecule has 31 heavy (non-hydrogen) atoms. The number of carbonyl (C=O) groups excluding carboxylic acids is 2. The Morgan fingerprint density at radius 3 is 2.55 bits per heavy atom. The van der Waals surface area contributed by atoms with E-state index in [2.05, 4.69) is 13.2 Å². The number of benzene rings is 2. The van der Waals surface area contributed by atoms with E-state index in [4.69, 9.17) is 4.74 Å². The van der Waals surface area contributed by atoms with E-state index < -0.39 is 21.7 Å². The number of fused-ring (bicyclic) bond motifs is 1. The number of anilines is 1. The molecule has 0 aromatic heterocycles. The van der Waals surface area contributed by atoms with Crippen molar-refractivity contribution in [1.29, 1.82) is 0 Å². The molecule has 4 rings (SSSR count). The van der Waals surface area contributed by atoms with Crippen LogP contribution >= 0.6 is 0 Å². The number of hydrogen-bond donors (Lipinski definition) is 0. The van der Waals surface area contributed by atoms with E-state index in [1.165, 1.54) is 27.4 Å². The molecule has 0 unspecified atom stereocenters. The van der Waals surface area contributed by atoms with Crippen LogP contribution in [0.4, 0.5) is 10.5 Å². The first-order chi connectivity index (χ1) is 14.7. The highest BCUT2D eigenvalue weighted by atomic mass is 32.2. The fraction of sp³-hybridized carbons (Fsp3) is 0.217. The molecule has 0 saturated carbocycles. The number of sulfonamides is 1. The lowest BCUT2D eigenvalue weighted by Crippen LogP contribution is -2.56. The van der Waals surface area contributed by atoms with Crippen molar-refractivity contribution in [3.8, 4) is 0 Å². The lowest BCUT2D eigenvalue weighted by atomic mass is 9.88. The van der Waals surface area contributed by atoms with Crippen molar-refractivity contribution in [3.63, 3.8) is 0 Å². The smallest absolute Gasteiger partial charge is 0.415 e. The van der Waals surface area contributed by atoms with Gasteiger partial charge in [0.1, 0.15) is 6.61 Å². The summed E-state index contributed by atoms with van der Waals surface area (Å²) in [6.07, 6.45) is 0.667. The zero-order chi connectivity index (χ0) is 22.4. The maximum atomic E-state index is 13.5. The Morgan fingerprint density at radius 2 is 1.87 bits per heavy atom. The van der Waals surface area contributed by atoms with Gasteiger partial charge in [0.15, 0.2) is 11.3 Å². The third-order valence-corrected chi connectivity index (χ3v) is 7.48. The highest BCUT2D eigenvalue weighted by molar-refractivity contribution is 7.89. The lowest BCUT2D eigenvalue weighted by molar-refractivity contribution is 0.0919. The van der Waals surface area contributed by atoms with Gasteiger partial charge in [0.25, 0.3) is 0 Å². The maximum absolute atomic E-state index is 13.5. The molecule has 1 saturated heterocycles. The van der Waals surface area contributed by atoms with Gasteiger partial charge in [-0.15, -0.1) is 0 Å². The van der Waals surface area contributed by atoms with E-state index >= 15 is 0 Å². The minimum Gasteiger partial charge on any atom is -0.445 e. The monoisotopic (exact) mass is 438 g/mol. The fourth-order valence-electron chi connectivity index (χ4n) is 4.10. The SMILES string of the molecule is C=CCOC(=O)N1c2ccccc2C(=O)[C@@]12CN(S(=O)(=O)c1ccc(C)cc1)CC2=C. The molecular formula is C23H22N2O5S. The first kappa shape index (κ1) is 21.0. The number of carbonyl (C=O) groups is 2. The molecule has 0 radical (unpaired) electrons. The molecule has 2 aliphatic rings. The van der Waals surface area contributed by atoms with Crippen molar-refractivity contribution in [1.82, 2.24) is 4.31 Å². The molecule has 0 N–H and O–H groups in total. The van der Waals surface area contributed by atoms with Crippen LogP contribution in [0.2, 0.25) is 0 Å². The predicted molar refractivity (Wildman–Crippen MR) is 117 cm³/mol. The van der Waals surface area contributed by atoms with Gasteiger partial charge in [0.2, 0.25) is 10.0 Å². The first-order valence-electron chi connectivity index (χ1n) is 9.70. The van der Waals surface area contributed by atoms with Crippen LogP contribution in [0.15, 0.2) is 78.2 Å². The summed E-state index contributed by atoms with van der Waals surface area (Å²) in [7, 11) is -3.90. The minimum atomic E-state index is -3.90. The van der Waals surface area contributed by atoms with Gasteiger partial charge in [-0.3, -0.25) is 9.69 Å². The largest absolute Gasteiger partial charge is 0.445 e. The Kier molecular flexibility index (Phi) is 5.07. The highest BCUT2D eigenvalue weighted by Crippen LogP contribution is 2.47. The summed E-state index contributed by atoms with van der Waals surface area (Å²) in [5, 5.41) is 0. The van der Waals surface area contributed by atoms with Gasteiger partial charge in [-0.25, -0.2) is 13.2 Å². The van der Waals surface area contributed by atoms with Crippen molar-refractivity contribution in [2.75, 3.05) is 24.6 Å². The van der Waals surface area contributed by atoms with Crippen LogP contribution in [0.25, 0.3) is 0 Å². The van der Waals surface area contributed by atoms with Gasteiger partial charge in [0, 0.05) is 18.7 Å². The number of ketones is 1. The van der Waals surface area contributed by atoms with Crippen LogP contribution in [0, 0.1) is 6.92 Å². The maximum Gasteiger partial charge on any atom is 0.415 e. The second-order valence-electron chi connectivity index (χ2n) is 7.60. The van der Waals surface area contributed by atoms with Crippen molar-refractivity contribution >= 4 is 27.6 Å². The number of nitrogens with zero attached hydrogens (tertiary/aromatic N) is 2. The summed E-state index contributed by atoms with van der Waals surface area (Å²) in [5.74, 6) is -0.370. The van der Waals surface area contributed by atoms with E-state index in [1.54, 1.807) is 36.4 Å². The average molecular weight is 439 g/mol. The molecule has 2 aromatic carbocycles. The van der Waals surface area contributed by atoms with Crippen LogP contribution in [0.1, 0.15) is 15.9 Å². The fourth-order valence-corrected chi connectivity index (χ4v) is 5.56. The predicted octanol–water partition coefficient (Wildman–Crippen LogP) is 3.32. The van der Waals surface area contributed by atoms with Gasteiger partial charge in [-0.2, -0.15) is 4.31 Å². The van der Waals surface area contributed by atoms with Crippen molar-refractivity contribution in [2.45, 2.75) is 17.4 Å². The lowest BCUT2D eigenvalue weighted by Gasteiger charge is -2.33. The third-order valence-electron chi connectivity index (χ3n) is 5.67. The topological polar surface area (TPSA) is 84.0 Å². The Bertz CT molecular complexity index is 1200. The number of Topliss-reactive ketones (excluding diaryl/α,β-unsaturated/α-hetero) is 1. The number of amides is 1.